The van der Waals surface area contributed by atoms with Gasteiger partial charge in [-0.2, -0.15) is 5.21 Å². The van der Waals surface area contributed by atoms with Gasteiger partial charge in [-0.3, -0.25) is 14.5 Å². The molecular formula is C18H19N7O4S2. The summed E-state index contributed by atoms with van der Waals surface area (Å²) in [4.78, 5) is 38.5. The first-order chi connectivity index (χ1) is 14.9. The highest BCUT2D eigenvalue weighted by Crippen LogP contribution is 2.43. The summed E-state index contributed by atoms with van der Waals surface area (Å²) in [7, 11) is 0. The fourth-order valence-electron chi connectivity index (χ4n) is 3.48. The number of carbonyl (C=O) groups is 3. The Morgan fingerprint density at radius 2 is 2.23 bits per heavy atom. The Bertz CT molecular complexity index is 1060. The molecule has 2 aromatic rings. The number of thioether (sulfide) groups is 2. The number of H-pyrrole nitrogens is 1. The van der Waals surface area contributed by atoms with E-state index >= 15 is 0 Å². The van der Waals surface area contributed by atoms with E-state index in [1.54, 1.807) is 24.3 Å². The third-order valence-electron chi connectivity index (χ3n) is 5.02. The van der Waals surface area contributed by atoms with Crippen LogP contribution in [0.4, 0.5) is 5.69 Å². The second-order valence-electron chi connectivity index (χ2n) is 6.96. The summed E-state index contributed by atoms with van der Waals surface area (Å²) in [6.45, 7) is 1.83. The maximum absolute atomic E-state index is 12.8. The number of amides is 2. The first-order valence-corrected chi connectivity index (χ1v) is 11.2. The number of aromatic nitrogens is 4. The fourth-order valence-corrected chi connectivity index (χ4v) is 5.89. The summed E-state index contributed by atoms with van der Waals surface area (Å²) in [5.41, 5.74) is 7.59. The lowest BCUT2D eigenvalue weighted by Gasteiger charge is -2.50. The van der Waals surface area contributed by atoms with Crippen LogP contribution in [0.2, 0.25) is 0 Å². The van der Waals surface area contributed by atoms with E-state index in [-0.39, 0.29) is 23.3 Å². The lowest BCUT2D eigenvalue weighted by molar-refractivity contribution is -0.150. The summed E-state index contributed by atoms with van der Waals surface area (Å²) < 4.78 is 0. The van der Waals surface area contributed by atoms with Crippen LogP contribution in [0, 0.1) is 0 Å². The molecule has 1 aromatic carbocycles. The highest BCUT2D eigenvalue weighted by Gasteiger charge is 2.54. The number of hydrogen-bond donors (Lipinski definition) is 4. The summed E-state index contributed by atoms with van der Waals surface area (Å²) in [5.74, 6) is -1.57. The van der Waals surface area contributed by atoms with Gasteiger partial charge in [0.15, 0.2) is 0 Å². The van der Waals surface area contributed by atoms with Crippen LogP contribution < -0.4 is 11.1 Å². The first kappa shape index (κ1) is 21.2. The Labute approximate surface area is 185 Å². The number of benzene rings is 1. The number of β-lactam (4-membered cyclic amide) rings is 1. The molecule has 3 atom stereocenters. The second kappa shape index (κ2) is 8.59. The van der Waals surface area contributed by atoms with Crippen molar-refractivity contribution in [2.24, 2.45) is 0 Å². The maximum Gasteiger partial charge on any atom is 0.352 e. The maximum atomic E-state index is 12.8. The molecule has 13 heteroatoms. The van der Waals surface area contributed by atoms with Gasteiger partial charge < -0.3 is 16.2 Å². The molecule has 2 aliphatic rings. The number of nitrogen functional groups attached to an aromatic ring is 1. The van der Waals surface area contributed by atoms with Gasteiger partial charge in [0.2, 0.25) is 11.1 Å². The third-order valence-corrected chi connectivity index (χ3v) is 7.35. The number of hydrogen-bond acceptors (Lipinski definition) is 9. The molecule has 0 saturated carbocycles. The zero-order valence-electron chi connectivity index (χ0n) is 16.3. The molecule has 0 radical (unpaired) electrons. The summed E-state index contributed by atoms with van der Waals surface area (Å²) in [6.07, 6.45) is 0.0408. The van der Waals surface area contributed by atoms with Crippen molar-refractivity contribution in [2.45, 2.75) is 35.2 Å². The van der Waals surface area contributed by atoms with Crippen molar-refractivity contribution >= 4 is 47.0 Å². The number of rotatable bonds is 7. The van der Waals surface area contributed by atoms with Crippen LogP contribution in [0.15, 0.2) is 40.7 Å². The number of anilines is 1. The predicted molar refractivity (Wildman–Crippen MR) is 114 cm³/mol. The number of nitrogens with two attached hydrogens (primary N) is 1. The molecule has 0 aliphatic carbocycles. The van der Waals surface area contributed by atoms with Crippen molar-refractivity contribution < 1.29 is 19.5 Å². The lowest BCUT2D eigenvalue weighted by atomic mass is 10.0. The van der Waals surface area contributed by atoms with Crippen molar-refractivity contribution in [2.75, 3.05) is 11.5 Å². The molecule has 162 valence electrons. The zero-order valence-corrected chi connectivity index (χ0v) is 17.9. The number of aromatic amines is 1. The van der Waals surface area contributed by atoms with Crippen molar-refractivity contribution in [3.63, 3.8) is 0 Å². The van der Waals surface area contributed by atoms with Crippen LogP contribution in [-0.2, 0) is 20.8 Å². The number of aliphatic carboxylic acids is 1. The van der Waals surface area contributed by atoms with Crippen molar-refractivity contribution in [1.82, 2.24) is 30.8 Å². The van der Waals surface area contributed by atoms with Gasteiger partial charge >= 0.3 is 5.97 Å². The molecular weight excluding hydrogens is 442 g/mol. The second-order valence-corrected chi connectivity index (χ2v) is 9.38. The lowest BCUT2D eigenvalue weighted by Crippen LogP contribution is -2.70. The average molecular weight is 462 g/mol. The van der Waals surface area contributed by atoms with Crippen LogP contribution in [-0.4, -0.2) is 70.8 Å². The van der Waals surface area contributed by atoms with E-state index in [0.717, 1.165) is 0 Å². The number of nitrogens with one attached hydrogen (secondary N) is 2. The molecule has 2 unspecified atom stereocenters. The number of fused-ring (bicyclic) bond motifs is 1. The van der Waals surface area contributed by atoms with Gasteiger partial charge in [-0.05, 0) is 29.3 Å². The van der Waals surface area contributed by atoms with Crippen LogP contribution in [0.1, 0.15) is 12.5 Å². The Kier molecular flexibility index (Phi) is 5.87. The first-order valence-electron chi connectivity index (χ1n) is 9.30. The van der Waals surface area contributed by atoms with E-state index in [2.05, 4.69) is 25.9 Å². The molecule has 2 amide bonds. The molecule has 1 fully saturated rings. The largest absolute Gasteiger partial charge is 0.477 e. The molecule has 11 nitrogen and oxygen atoms in total. The smallest absolute Gasteiger partial charge is 0.352 e. The normalized spacial score (nSPS) is 21.3. The monoisotopic (exact) mass is 461 g/mol. The number of carboxylic acid groups (broad SMARTS) is 1. The van der Waals surface area contributed by atoms with Gasteiger partial charge in [0, 0.05) is 16.7 Å². The van der Waals surface area contributed by atoms with Gasteiger partial charge in [-0.15, -0.1) is 22.0 Å². The fraction of sp³-hybridized carbons (Fsp3) is 0.333. The quantitative estimate of drug-likeness (QED) is 0.255. The topological polar surface area (TPSA) is 167 Å². The van der Waals surface area contributed by atoms with E-state index < -0.39 is 23.3 Å². The van der Waals surface area contributed by atoms with E-state index in [1.807, 2.05) is 6.92 Å². The molecule has 0 bridgehead atoms. The van der Waals surface area contributed by atoms with Crippen LogP contribution >= 0.6 is 23.5 Å². The number of nitrogens with zero attached hydrogens (tertiary/aromatic N) is 4. The minimum absolute atomic E-state index is 0.0408. The number of carbonyl (C=O) groups excluding carboxylic acids is 2. The molecule has 1 saturated heterocycles. The summed E-state index contributed by atoms with van der Waals surface area (Å²) in [6, 6.07) is 6.23. The molecule has 31 heavy (non-hydrogen) atoms. The van der Waals surface area contributed by atoms with Gasteiger partial charge in [-0.1, -0.05) is 30.0 Å². The number of tetrazole rings is 1. The van der Waals surface area contributed by atoms with Gasteiger partial charge in [0.25, 0.3) is 5.91 Å². The van der Waals surface area contributed by atoms with Crippen molar-refractivity contribution in [3.8, 4) is 0 Å². The molecule has 3 heterocycles. The standard InChI is InChI=1S/C18H19N7O4S2/c1-8(31-18-21-23-24-22-18)10-7-30-16-13(15(27)25(16)14(10)17(28)29)20-12(26)6-9-4-2-3-5-11(9)19/h2-5,8,13,16H,6-7,19H2,1H3,(H,20,26)(H,28,29)(H,21,22,23,24)/t8?,13?,16-/m0/s1. The minimum Gasteiger partial charge on any atom is -0.477 e. The molecule has 1 aromatic heterocycles. The number of para-hydroxylation sites is 1. The van der Waals surface area contributed by atoms with Gasteiger partial charge in [0.05, 0.1) is 6.42 Å². The Hall–Kier alpha value is -3.06. The molecule has 0 spiro atoms. The van der Waals surface area contributed by atoms with Crippen molar-refractivity contribution in [1.29, 1.82) is 0 Å². The van der Waals surface area contributed by atoms with Gasteiger partial charge in [-0.25, -0.2) is 4.79 Å². The SMILES string of the molecule is CC(Sc1nn[nH]n1)C1=C(C(=O)O)N2C(=O)C(NC(=O)Cc3ccccc3N)[C@@H]2SC1. The third kappa shape index (κ3) is 4.10. The summed E-state index contributed by atoms with van der Waals surface area (Å²) >= 11 is 2.66. The summed E-state index contributed by atoms with van der Waals surface area (Å²) in [5, 5.41) is 25.7. The van der Waals surface area contributed by atoms with E-state index in [9.17, 15) is 19.5 Å². The zero-order chi connectivity index (χ0) is 22.1. The van der Waals surface area contributed by atoms with Crippen LogP contribution in [0.3, 0.4) is 0 Å². The Morgan fingerprint density at radius 1 is 1.45 bits per heavy atom. The van der Waals surface area contributed by atoms with E-state index in [0.29, 0.717) is 27.7 Å². The molecule has 4 rings (SSSR count). The van der Waals surface area contributed by atoms with Crippen molar-refractivity contribution in [3.05, 3.63) is 41.1 Å². The highest BCUT2D eigenvalue weighted by molar-refractivity contribution is 8.01. The number of carboxylic acids is 1. The molecule has 5 N–H and O–H groups in total. The van der Waals surface area contributed by atoms with E-state index in [1.165, 1.54) is 28.4 Å². The van der Waals surface area contributed by atoms with E-state index in [4.69, 9.17) is 5.73 Å². The van der Waals surface area contributed by atoms with Crippen LogP contribution in [0.5, 0.6) is 0 Å². The Balaban J connectivity index is 1.47. The highest BCUT2D eigenvalue weighted by atomic mass is 32.2. The molecule has 2 aliphatic heterocycles. The average Bonchev–Trinajstić information content (AvgIpc) is 3.25. The predicted octanol–water partition coefficient (Wildman–Crippen LogP) is 0.244. The van der Waals surface area contributed by atoms with Gasteiger partial charge in [0.1, 0.15) is 17.1 Å². The minimum atomic E-state index is -1.18. The van der Waals surface area contributed by atoms with Crippen LogP contribution in [0.25, 0.3) is 0 Å². The Morgan fingerprint density at radius 3 is 2.90 bits per heavy atom.